The molecule has 2 amide bonds. The molecule has 0 fully saturated rings. The van der Waals surface area contributed by atoms with Crippen molar-refractivity contribution in [2.45, 2.75) is 33.4 Å². The minimum Gasteiger partial charge on any atom is -0.464 e. The van der Waals surface area contributed by atoms with Gasteiger partial charge in [-0.1, -0.05) is 26.0 Å². The maximum absolute atomic E-state index is 12.3. The summed E-state index contributed by atoms with van der Waals surface area (Å²) in [5.74, 6) is -0.0314. The van der Waals surface area contributed by atoms with Crippen molar-refractivity contribution in [2.75, 3.05) is 17.2 Å². The number of esters is 1. The van der Waals surface area contributed by atoms with Crippen LogP contribution in [0.2, 0.25) is 0 Å². The number of nitrogens with zero attached hydrogens (tertiary/aromatic N) is 2. The highest BCUT2D eigenvalue weighted by Crippen LogP contribution is 2.37. The van der Waals surface area contributed by atoms with Gasteiger partial charge in [0, 0.05) is 17.3 Å². The summed E-state index contributed by atoms with van der Waals surface area (Å²) in [4.78, 5) is 24.5. The molecule has 1 aliphatic rings. The van der Waals surface area contributed by atoms with Crippen molar-refractivity contribution in [3.63, 3.8) is 0 Å². The monoisotopic (exact) mass is 358 g/mol. The first-order valence-electron chi connectivity index (χ1n) is 8.52. The Labute approximate surface area is 151 Å². The van der Waals surface area contributed by atoms with E-state index in [1.165, 1.54) is 0 Å². The zero-order chi connectivity index (χ0) is 18.8. The Kier molecular flexibility index (Phi) is 4.94. The van der Waals surface area contributed by atoms with Gasteiger partial charge in [-0.05, 0) is 24.5 Å². The SMILES string of the molecule is CCOC(=O)C(C(C)C)n1cc2c(n1)NC(=O)Nc1cc(CO)ccc1-2. The molecule has 0 radical (unpaired) electrons. The molecule has 3 rings (SSSR count). The molecule has 3 N–H and O–H groups in total. The predicted octanol–water partition coefficient (Wildman–Crippen LogP) is 2.76. The fourth-order valence-electron chi connectivity index (χ4n) is 3.03. The molecule has 8 heteroatoms. The van der Waals surface area contributed by atoms with Gasteiger partial charge in [-0.3, -0.25) is 10.00 Å². The van der Waals surface area contributed by atoms with Crippen LogP contribution in [-0.4, -0.2) is 33.5 Å². The maximum Gasteiger partial charge on any atom is 0.331 e. The van der Waals surface area contributed by atoms with Crippen molar-refractivity contribution in [1.29, 1.82) is 0 Å². The lowest BCUT2D eigenvalue weighted by atomic mass is 10.0. The van der Waals surface area contributed by atoms with E-state index in [9.17, 15) is 14.7 Å². The lowest BCUT2D eigenvalue weighted by Gasteiger charge is -2.19. The summed E-state index contributed by atoms with van der Waals surface area (Å²) in [5, 5.41) is 19.2. The number of fused-ring (bicyclic) bond motifs is 3. The minimum absolute atomic E-state index is 0.0392. The molecule has 0 aliphatic carbocycles. The van der Waals surface area contributed by atoms with Crippen LogP contribution in [0, 0.1) is 5.92 Å². The molecule has 0 spiro atoms. The number of benzene rings is 1. The van der Waals surface area contributed by atoms with Gasteiger partial charge < -0.3 is 15.2 Å². The van der Waals surface area contributed by atoms with Gasteiger partial charge in [-0.25, -0.2) is 9.59 Å². The third kappa shape index (κ3) is 3.28. The Morgan fingerprint density at radius 2 is 2.08 bits per heavy atom. The van der Waals surface area contributed by atoms with Crippen LogP contribution in [0.3, 0.4) is 0 Å². The largest absolute Gasteiger partial charge is 0.464 e. The van der Waals surface area contributed by atoms with Crippen molar-refractivity contribution >= 4 is 23.5 Å². The Bertz CT molecular complexity index is 844. The fourth-order valence-corrected chi connectivity index (χ4v) is 3.03. The van der Waals surface area contributed by atoms with E-state index in [2.05, 4.69) is 15.7 Å². The van der Waals surface area contributed by atoms with Gasteiger partial charge in [0.15, 0.2) is 11.9 Å². The zero-order valence-corrected chi connectivity index (χ0v) is 14.9. The zero-order valence-electron chi connectivity index (χ0n) is 14.9. The van der Waals surface area contributed by atoms with Crippen molar-refractivity contribution in [1.82, 2.24) is 9.78 Å². The van der Waals surface area contributed by atoms with Gasteiger partial charge in [-0.15, -0.1) is 0 Å². The van der Waals surface area contributed by atoms with Gasteiger partial charge in [0.25, 0.3) is 0 Å². The molecule has 1 aromatic carbocycles. The molecule has 0 saturated heterocycles. The number of nitrogens with one attached hydrogen (secondary N) is 2. The summed E-state index contributed by atoms with van der Waals surface area (Å²) < 4.78 is 6.71. The number of amides is 2. The van der Waals surface area contributed by atoms with Crippen molar-refractivity contribution in [2.24, 2.45) is 5.92 Å². The van der Waals surface area contributed by atoms with E-state index in [1.807, 2.05) is 19.9 Å². The van der Waals surface area contributed by atoms with Crippen LogP contribution < -0.4 is 10.6 Å². The summed E-state index contributed by atoms with van der Waals surface area (Å²) in [6.45, 7) is 5.75. The van der Waals surface area contributed by atoms with Crippen molar-refractivity contribution in [3.8, 4) is 11.1 Å². The first kappa shape index (κ1) is 17.9. The van der Waals surface area contributed by atoms with Crippen LogP contribution in [0.15, 0.2) is 24.4 Å². The number of hydrogen-bond acceptors (Lipinski definition) is 5. The number of hydrogen-bond donors (Lipinski definition) is 3. The first-order chi connectivity index (χ1) is 12.4. The Hall–Kier alpha value is -2.87. The van der Waals surface area contributed by atoms with E-state index in [-0.39, 0.29) is 25.1 Å². The molecule has 2 heterocycles. The van der Waals surface area contributed by atoms with E-state index >= 15 is 0 Å². The quantitative estimate of drug-likeness (QED) is 0.713. The number of aliphatic hydroxyl groups is 1. The van der Waals surface area contributed by atoms with Crippen molar-refractivity contribution < 1.29 is 19.4 Å². The van der Waals surface area contributed by atoms with E-state index in [1.54, 1.807) is 29.9 Å². The normalized spacial score (nSPS) is 14.0. The second-order valence-electron chi connectivity index (χ2n) is 6.43. The number of aliphatic hydroxyl groups excluding tert-OH is 1. The Morgan fingerprint density at radius 3 is 2.73 bits per heavy atom. The van der Waals surface area contributed by atoms with E-state index in [4.69, 9.17) is 4.74 Å². The molecule has 1 aromatic heterocycles. The van der Waals surface area contributed by atoms with Gasteiger partial charge in [-0.2, -0.15) is 5.10 Å². The highest BCUT2D eigenvalue weighted by Gasteiger charge is 2.29. The number of carbonyl (C=O) groups excluding carboxylic acids is 2. The van der Waals surface area contributed by atoms with E-state index in [0.717, 1.165) is 5.56 Å². The molecule has 8 nitrogen and oxygen atoms in total. The topological polar surface area (TPSA) is 105 Å². The standard InChI is InChI=1S/C18H22N4O4/c1-4-26-17(24)15(10(2)3)22-8-13-12-6-5-11(9-23)7-14(12)19-18(25)20-16(13)21-22/h5-8,10,15,23H,4,9H2,1-3H3,(H2,19,20,21,25). The smallest absolute Gasteiger partial charge is 0.331 e. The van der Waals surface area contributed by atoms with Crippen LogP contribution in [-0.2, 0) is 16.1 Å². The second kappa shape index (κ2) is 7.17. The highest BCUT2D eigenvalue weighted by atomic mass is 16.5. The molecule has 0 bridgehead atoms. The van der Waals surface area contributed by atoms with E-state index in [0.29, 0.717) is 22.6 Å². The molecule has 2 aromatic rings. The summed E-state index contributed by atoms with van der Waals surface area (Å²) in [5.41, 5.74) is 2.71. The number of aromatic nitrogens is 2. The number of ether oxygens (including phenoxy) is 1. The maximum atomic E-state index is 12.3. The number of rotatable bonds is 5. The molecule has 138 valence electrons. The van der Waals surface area contributed by atoms with Crippen LogP contribution in [0.25, 0.3) is 11.1 Å². The molecule has 26 heavy (non-hydrogen) atoms. The van der Waals surface area contributed by atoms with Gasteiger partial charge >= 0.3 is 12.0 Å². The van der Waals surface area contributed by atoms with Crippen LogP contribution >= 0.6 is 0 Å². The number of urea groups is 1. The molecule has 1 unspecified atom stereocenters. The van der Waals surface area contributed by atoms with Crippen molar-refractivity contribution in [3.05, 3.63) is 30.0 Å². The first-order valence-corrected chi connectivity index (χ1v) is 8.52. The van der Waals surface area contributed by atoms with Crippen LogP contribution in [0.4, 0.5) is 16.3 Å². The van der Waals surface area contributed by atoms with Crippen LogP contribution in [0.5, 0.6) is 0 Å². The van der Waals surface area contributed by atoms with Gasteiger partial charge in [0.2, 0.25) is 0 Å². The number of carbonyl (C=O) groups is 2. The number of anilines is 2. The molecule has 1 aliphatic heterocycles. The average molecular weight is 358 g/mol. The predicted molar refractivity (Wildman–Crippen MR) is 96.7 cm³/mol. The third-order valence-electron chi connectivity index (χ3n) is 4.21. The summed E-state index contributed by atoms with van der Waals surface area (Å²) in [6.07, 6.45) is 1.74. The minimum atomic E-state index is -0.591. The van der Waals surface area contributed by atoms with Gasteiger partial charge in [0.05, 0.1) is 18.9 Å². The molecule has 0 saturated carbocycles. The molecule has 1 atom stereocenters. The lowest BCUT2D eigenvalue weighted by Crippen LogP contribution is -2.27. The fraction of sp³-hybridized carbons (Fsp3) is 0.389. The summed E-state index contributed by atoms with van der Waals surface area (Å²) in [7, 11) is 0. The average Bonchev–Trinajstić information content (AvgIpc) is 2.91. The highest BCUT2D eigenvalue weighted by molar-refractivity contribution is 6.07. The molecular weight excluding hydrogens is 336 g/mol. The Morgan fingerprint density at radius 1 is 1.31 bits per heavy atom. The second-order valence-corrected chi connectivity index (χ2v) is 6.43. The lowest BCUT2D eigenvalue weighted by molar-refractivity contribution is -0.148. The van der Waals surface area contributed by atoms with Gasteiger partial charge in [0.1, 0.15) is 0 Å². The third-order valence-corrected chi connectivity index (χ3v) is 4.21. The van der Waals surface area contributed by atoms with Crippen LogP contribution in [0.1, 0.15) is 32.4 Å². The molecular formula is C18H22N4O4. The summed E-state index contributed by atoms with van der Waals surface area (Å²) >= 11 is 0. The van der Waals surface area contributed by atoms with E-state index < -0.39 is 12.1 Å². The Balaban J connectivity index is 2.09. The summed E-state index contributed by atoms with van der Waals surface area (Å²) in [6, 6.07) is 4.29.